The van der Waals surface area contributed by atoms with Crippen molar-refractivity contribution in [1.82, 2.24) is 0 Å². The second-order valence-corrected chi connectivity index (χ2v) is 6.57. The van der Waals surface area contributed by atoms with Crippen LogP contribution in [0.1, 0.15) is 33.3 Å². The fourth-order valence-electron chi connectivity index (χ4n) is 1.60. The summed E-state index contributed by atoms with van der Waals surface area (Å²) in [5, 5.41) is 0.168. The van der Waals surface area contributed by atoms with Crippen LogP contribution in [0.4, 0.5) is 5.69 Å². The molecule has 2 unspecified atom stereocenters. The summed E-state index contributed by atoms with van der Waals surface area (Å²) in [6, 6.07) is 5.52. The Hall–Kier alpha value is -1.03. The zero-order chi connectivity index (χ0) is 13.7. The van der Waals surface area contributed by atoms with Gasteiger partial charge in [-0.15, -0.1) is 0 Å². The molecule has 0 radical (unpaired) electrons. The summed E-state index contributed by atoms with van der Waals surface area (Å²) in [4.78, 5) is 0. The molecule has 0 fully saturated rings. The zero-order valence-electron chi connectivity index (χ0n) is 11.6. The van der Waals surface area contributed by atoms with E-state index in [0.29, 0.717) is 24.0 Å². The normalized spacial score (nSPS) is 14.5. The van der Waals surface area contributed by atoms with E-state index in [-0.39, 0.29) is 5.25 Å². The summed E-state index contributed by atoms with van der Waals surface area (Å²) >= 11 is 0. The molecule has 0 saturated heterocycles. The molecular weight excluding hydrogens is 246 g/mol. The van der Waals surface area contributed by atoms with Gasteiger partial charge in [0.1, 0.15) is 5.75 Å². The van der Waals surface area contributed by atoms with Crippen molar-refractivity contribution in [2.24, 2.45) is 5.92 Å². The van der Waals surface area contributed by atoms with Crippen molar-refractivity contribution < 1.29 is 8.95 Å². The lowest BCUT2D eigenvalue weighted by Crippen LogP contribution is -2.19. The van der Waals surface area contributed by atoms with Crippen molar-refractivity contribution in [1.29, 1.82) is 0 Å². The predicted octanol–water partition coefficient (Wildman–Crippen LogP) is 2.96. The van der Waals surface area contributed by atoms with E-state index in [2.05, 4.69) is 13.8 Å². The molecule has 4 heteroatoms. The number of anilines is 1. The average Bonchev–Trinajstić information content (AvgIpc) is 2.31. The van der Waals surface area contributed by atoms with Crippen LogP contribution in [0.3, 0.4) is 0 Å². The first-order valence-corrected chi connectivity index (χ1v) is 7.72. The second kappa shape index (κ2) is 6.78. The Balaban J connectivity index is 2.88. The molecule has 0 spiro atoms. The van der Waals surface area contributed by atoms with Gasteiger partial charge < -0.3 is 10.5 Å². The Kier molecular flexibility index (Phi) is 5.66. The Morgan fingerprint density at radius 2 is 2.00 bits per heavy atom. The highest BCUT2D eigenvalue weighted by Gasteiger charge is 2.17. The first kappa shape index (κ1) is 15.0. The van der Waals surface area contributed by atoms with Crippen LogP contribution in [0, 0.1) is 5.92 Å². The summed E-state index contributed by atoms with van der Waals surface area (Å²) < 4.78 is 17.8. The van der Waals surface area contributed by atoms with E-state index < -0.39 is 10.8 Å². The van der Waals surface area contributed by atoms with E-state index >= 15 is 0 Å². The van der Waals surface area contributed by atoms with Gasteiger partial charge in [0.2, 0.25) is 0 Å². The molecule has 0 aliphatic carbocycles. The highest BCUT2D eigenvalue weighted by molar-refractivity contribution is 7.84. The van der Waals surface area contributed by atoms with Gasteiger partial charge in [-0.3, -0.25) is 4.21 Å². The highest BCUT2D eigenvalue weighted by atomic mass is 32.2. The van der Waals surface area contributed by atoms with Crippen LogP contribution in [0.2, 0.25) is 0 Å². The topological polar surface area (TPSA) is 52.3 Å². The van der Waals surface area contributed by atoms with Crippen LogP contribution >= 0.6 is 0 Å². The SMILES string of the molecule is CCOc1ccc(N)cc1CS(=O)C(C)C(C)C. The van der Waals surface area contributed by atoms with E-state index in [1.54, 1.807) is 0 Å². The van der Waals surface area contributed by atoms with Gasteiger partial charge in [-0.05, 0) is 31.0 Å². The van der Waals surface area contributed by atoms with E-state index in [1.807, 2.05) is 32.0 Å². The summed E-state index contributed by atoms with van der Waals surface area (Å²) in [5.74, 6) is 1.69. The van der Waals surface area contributed by atoms with Crippen molar-refractivity contribution in [2.75, 3.05) is 12.3 Å². The number of hydrogen-bond acceptors (Lipinski definition) is 3. The summed E-state index contributed by atoms with van der Waals surface area (Å²) in [7, 11) is -0.904. The molecule has 3 nitrogen and oxygen atoms in total. The van der Waals surface area contributed by atoms with Crippen molar-refractivity contribution in [3.8, 4) is 5.75 Å². The molecule has 18 heavy (non-hydrogen) atoms. The number of nitrogen functional groups attached to an aromatic ring is 1. The number of benzene rings is 1. The highest BCUT2D eigenvalue weighted by Crippen LogP contribution is 2.24. The fraction of sp³-hybridized carbons (Fsp3) is 0.571. The van der Waals surface area contributed by atoms with E-state index in [9.17, 15) is 4.21 Å². The average molecular weight is 269 g/mol. The third kappa shape index (κ3) is 4.02. The molecule has 2 N–H and O–H groups in total. The lowest BCUT2D eigenvalue weighted by molar-refractivity contribution is 0.337. The molecule has 2 atom stereocenters. The van der Waals surface area contributed by atoms with Gasteiger partial charge in [0, 0.05) is 27.3 Å². The second-order valence-electron chi connectivity index (χ2n) is 4.77. The van der Waals surface area contributed by atoms with Gasteiger partial charge in [0.15, 0.2) is 0 Å². The van der Waals surface area contributed by atoms with E-state index in [0.717, 1.165) is 11.3 Å². The molecule has 0 bridgehead atoms. The first-order chi connectivity index (χ1) is 8.45. The van der Waals surface area contributed by atoms with E-state index in [1.165, 1.54) is 0 Å². The smallest absolute Gasteiger partial charge is 0.123 e. The molecule has 0 aliphatic heterocycles. The molecular formula is C14H23NO2S. The van der Waals surface area contributed by atoms with Gasteiger partial charge >= 0.3 is 0 Å². The van der Waals surface area contributed by atoms with Crippen LogP contribution in [-0.4, -0.2) is 16.1 Å². The molecule has 0 aromatic heterocycles. The minimum absolute atomic E-state index is 0.168. The fourth-order valence-corrected chi connectivity index (χ4v) is 3.00. The quantitative estimate of drug-likeness (QED) is 0.808. The number of nitrogens with two attached hydrogens (primary N) is 1. The van der Waals surface area contributed by atoms with Crippen molar-refractivity contribution in [3.05, 3.63) is 23.8 Å². The molecule has 0 aliphatic rings. The predicted molar refractivity (Wildman–Crippen MR) is 78.2 cm³/mol. The molecule has 1 rings (SSSR count). The third-order valence-corrected chi connectivity index (χ3v) is 5.00. The van der Waals surface area contributed by atoms with Crippen LogP contribution in [0.5, 0.6) is 5.75 Å². The van der Waals surface area contributed by atoms with Gasteiger partial charge in [0.05, 0.1) is 12.4 Å². The Morgan fingerprint density at radius 3 is 2.56 bits per heavy atom. The van der Waals surface area contributed by atoms with Gasteiger partial charge in [-0.2, -0.15) is 0 Å². The van der Waals surface area contributed by atoms with Crippen LogP contribution in [-0.2, 0) is 16.6 Å². The summed E-state index contributed by atoms with van der Waals surface area (Å²) in [5.41, 5.74) is 7.40. The van der Waals surface area contributed by atoms with Crippen LogP contribution in [0.25, 0.3) is 0 Å². The van der Waals surface area contributed by atoms with Crippen molar-refractivity contribution in [2.45, 2.75) is 38.7 Å². The first-order valence-electron chi connectivity index (χ1n) is 6.34. The van der Waals surface area contributed by atoms with Crippen molar-refractivity contribution in [3.63, 3.8) is 0 Å². The Bertz CT molecular complexity index is 418. The molecule has 1 aromatic rings. The molecule has 1 aromatic carbocycles. The van der Waals surface area contributed by atoms with Gasteiger partial charge in [0.25, 0.3) is 0 Å². The molecule has 102 valence electrons. The Labute approximate surface area is 112 Å². The lowest BCUT2D eigenvalue weighted by Gasteiger charge is -2.17. The molecule has 0 heterocycles. The number of rotatable bonds is 6. The van der Waals surface area contributed by atoms with Gasteiger partial charge in [-0.1, -0.05) is 20.8 Å². The zero-order valence-corrected chi connectivity index (χ0v) is 12.4. The maximum absolute atomic E-state index is 12.2. The summed E-state index contributed by atoms with van der Waals surface area (Å²) in [6.07, 6.45) is 0. The molecule has 0 amide bonds. The number of ether oxygens (including phenoxy) is 1. The standard InChI is InChI=1S/C14H23NO2S/c1-5-17-14-7-6-13(15)8-12(14)9-18(16)11(4)10(2)3/h6-8,10-11H,5,9,15H2,1-4H3. The monoisotopic (exact) mass is 269 g/mol. The minimum Gasteiger partial charge on any atom is -0.494 e. The van der Waals surface area contributed by atoms with Gasteiger partial charge in [-0.25, -0.2) is 0 Å². The Morgan fingerprint density at radius 1 is 1.33 bits per heavy atom. The van der Waals surface area contributed by atoms with Crippen LogP contribution in [0.15, 0.2) is 18.2 Å². The molecule has 0 saturated carbocycles. The third-order valence-electron chi connectivity index (χ3n) is 3.04. The van der Waals surface area contributed by atoms with Crippen LogP contribution < -0.4 is 10.5 Å². The minimum atomic E-state index is -0.904. The van der Waals surface area contributed by atoms with Crippen molar-refractivity contribution >= 4 is 16.5 Å². The maximum atomic E-state index is 12.2. The van der Waals surface area contributed by atoms with E-state index in [4.69, 9.17) is 10.5 Å². The maximum Gasteiger partial charge on any atom is 0.123 e. The largest absolute Gasteiger partial charge is 0.494 e. The lowest BCUT2D eigenvalue weighted by atomic mass is 10.2. The number of hydrogen-bond donors (Lipinski definition) is 1. The summed E-state index contributed by atoms with van der Waals surface area (Å²) in [6.45, 7) is 8.74.